The molecule has 5 aromatic carbocycles. The zero-order chi connectivity index (χ0) is 28.9. The van der Waals surface area contributed by atoms with Crippen LogP contribution < -0.4 is 14.7 Å². The van der Waals surface area contributed by atoms with Crippen LogP contribution in [-0.4, -0.2) is 23.6 Å². The Bertz CT molecular complexity index is 2130. The van der Waals surface area contributed by atoms with Crippen LogP contribution >= 0.6 is 0 Å². The summed E-state index contributed by atoms with van der Waals surface area (Å²) in [7, 11) is 4.14. The molecule has 44 heavy (non-hydrogen) atoms. The van der Waals surface area contributed by atoms with Gasteiger partial charge in [-0.25, -0.2) is 0 Å². The number of fused-ring (bicyclic) bond motifs is 6. The molecule has 6 heteroatoms. The molecule has 0 spiro atoms. The van der Waals surface area contributed by atoms with Crippen molar-refractivity contribution in [2.75, 3.05) is 28.8 Å². The number of anilines is 4. The van der Waals surface area contributed by atoms with E-state index in [-0.39, 0.29) is 21.1 Å². The summed E-state index contributed by atoms with van der Waals surface area (Å²) >= 11 is 0. The van der Waals surface area contributed by atoms with Gasteiger partial charge >= 0.3 is 21.1 Å². The second-order valence-corrected chi connectivity index (χ2v) is 11.8. The van der Waals surface area contributed by atoms with Crippen LogP contribution in [0, 0.1) is 25.5 Å². The molecule has 0 radical (unpaired) electrons. The summed E-state index contributed by atoms with van der Waals surface area (Å²) in [5.41, 5.74) is 11.0. The number of hydrogen-bond donors (Lipinski definition) is 0. The van der Waals surface area contributed by atoms with Gasteiger partial charge in [0.1, 0.15) is 0 Å². The van der Waals surface area contributed by atoms with Gasteiger partial charge in [-0.3, -0.25) is 0 Å². The molecule has 5 nitrogen and oxygen atoms in total. The molecule has 3 aliphatic rings. The van der Waals surface area contributed by atoms with Crippen LogP contribution in [0.2, 0.25) is 0 Å². The average molecular weight is 751 g/mol. The number of hydrogen-bond acceptors (Lipinski definition) is 4. The number of benzene rings is 5. The Balaban J connectivity index is 0.00000289. The average Bonchev–Trinajstić information content (AvgIpc) is 3.74. The fourth-order valence-electron chi connectivity index (χ4n) is 7.22. The molecule has 4 heterocycles. The molecule has 0 amide bonds. The van der Waals surface area contributed by atoms with Crippen molar-refractivity contribution in [1.29, 1.82) is 0 Å². The van der Waals surface area contributed by atoms with E-state index in [4.69, 9.17) is 0 Å². The van der Waals surface area contributed by atoms with Gasteiger partial charge < -0.3 is 24.2 Å². The minimum Gasteiger partial charge on any atom is -0.510 e. The van der Waals surface area contributed by atoms with E-state index in [1.54, 1.807) is 0 Å². The summed E-state index contributed by atoms with van der Waals surface area (Å²) in [6, 6.07) is 42.8. The van der Waals surface area contributed by atoms with Gasteiger partial charge in [-0.1, -0.05) is 61.1 Å². The third-order valence-corrected chi connectivity index (χ3v) is 9.32. The zero-order valence-electron chi connectivity index (χ0n) is 24.6. The summed E-state index contributed by atoms with van der Waals surface area (Å²) in [5.74, 6) is 0. The van der Waals surface area contributed by atoms with Crippen LogP contribution in [0.15, 0.2) is 109 Å². The summed E-state index contributed by atoms with van der Waals surface area (Å²) in [5, 5.41) is 2.53. The Labute approximate surface area is 272 Å². The predicted molar refractivity (Wildman–Crippen MR) is 175 cm³/mol. The Hall–Kier alpha value is -4.47. The molecule has 0 N–H and O–H groups in total. The van der Waals surface area contributed by atoms with Crippen molar-refractivity contribution in [3.63, 3.8) is 0 Å². The molecule has 0 bridgehead atoms. The van der Waals surface area contributed by atoms with E-state index in [0.29, 0.717) is 0 Å². The normalized spacial score (nSPS) is 18.2. The van der Waals surface area contributed by atoms with Gasteiger partial charge in [0.25, 0.3) is 0 Å². The van der Waals surface area contributed by atoms with E-state index in [1.165, 1.54) is 33.1 Å². The molecule has 6 aromatic rings. The molecule has 1 aromatic heterocycles. The summed E-state index contributed by atoms with van der Waals surface area (Å²) in [6.07, 6.45) is 4.13. The summed E-state index contributed by atoms with van der Waals surface area (Å²) in [4.78, 5) is 8.60. The molecule has 0 fully saturated rings. The number of para-hydroxylation sites is 4. The Morgan fingerprint density at radius 1 is 0.659 bits per heavy atom. The fourth-order valence-corrected chi connectivity index (χ4v) is 7.22. The van der Waals surface area contributed by atoms with Crippen molar-refractivity contribution in [3.05, 3.63) is 152 Å². The van der Waals surface area contributed by atoms with E-state index in [2.05, 4.69) is 173 Å². The van der Waals surface area contributed by atoms with Gasteiger partial charge in [0.15, 0.2) is 0 Å². The van der Waals surface area contributed by atoms with E-state index < -0.39 is 5.41 Å². The summed E-state index contributed by atoms with van der Waals surface area (Å²) < 4.78 is 2.45. The van der Waals surface area contributed by atoms with E-state index in [0.717, 1.165) is 33.9 Å². The van der Waals surface area contributed by atoms with Gasteiger partial charge in [0.05, 0.1) is 0 Å². The van der Waals surface area contributed by atoms with Gasteiger partial charge in [-0.05, 0) is 50.3 Å². The standard InChI is InChI=1S/C38H29N5.Pt/c1-38(26-10-8-11-27(22-26)41-21-20-39(2)24-41)31-14-9-13-30-29-12-4-5-15-33(29)43(37(30)31)34-19-18-28(23-32(34)38)42-25-40(3)35-16-6-7-17-36(35)42;/h4-21,24-25H,1-3H3;/q-4;+4. The fraction of sp³-hybridized carbons (Fsp3) is 0.105. The number of aromatic nitrogens is 1. The molecule has 0 saturated carbocycles. The topological polar surface area (TPSA) is 17.9 Å². The van der Waals surface area contributed by atoms with Gasteiger partial charge in [-0.2, -0.15) is 43.7 Å². The van der Waals surface area contributed by atoms with Gasteiger partial charge in [-0.15, -0.1) is 34.6 Å². The maximum absolute atomic E-state index is 3.98. The smallest absolute Gasteiger partial charge is 0.510 e. The van der Waals surface area contributed by atoms with Crippen LogP contribution in [-0.2, 0) is 26.5 Å². The molecule has 216 valence electrons. The van der Waals surface area contributed by atoms with Crippen molar-refractivity contribution in [2.45, 2.75) is 12.3 Å². The van der Waals surface area contributed by atoms with Crippen molar-refractivity contribution in [3.8, 4) is 5.69 Å². The molecule has 9 rings (SSSR count). The van der Waals surface area contributed by atoms with Crippen LogP contribution in [0.25, 0.3) is 27.5 Å². The minimum atomic E-state index is -0.508. The van der Waals surface area contributed by atoms with Crippen LogP contribution in [0.1, 0.15) is 23.6 Å². The first-order valence-corrected chi connectivity index (χ1v) is 14.6. The Kier molecular flexibility index (Phi) is 6.02. The third-order valence-electron chi connectivity index (χ3n) is 9.32. The first kappa shape index (κ1) is 27.1. The molecule has 0 aliphatic carbocycles. The predicted octanol–water partition coefficient (Wildman–Crippen LogP) is 8.10. The maximum Gasteiger partial charge on any atom is 4.00 e. The van der Waals surface area contributed by atoms with E-state index in [9.17, 15) is 0 Å². The van der Waals surface area contributed by atoms with Crippen molar-refractivity contribution < 1.29 is 21.1 Å². The molecule has 1 atom stereocenters. The maximum atomic E-state index is 3.98. The minimum absolute atomic E-state index is 0. The second kappa shape index (κ2) is 9.77. The Morgan fingerprint density at radius 2 is 1.43 bits per heavy atom. The van der Waals surface area contributed by atoms with Crippen LogP contribution in [0.5, 0.6) is 0 Å². The van der Waals surface area contributed by atoms with Crippen LogP contribution in [0.3, 0.4) is 0 Å². The van der Waals surface area contributed by atoms with E-state index >= 15 is 0 Å². The van der Waals surface area contributed by atoms with Crippen molar-refractivity contribution in [2.24, 2.45) is 0 Å². The molecular weight excluding hydrogens is 722 g/mol. The number of nitrogens with zero attached hydrogens (tertiary/aromatic N) is 5. The van der Waals surface area contributed by atoms with Crippen molar-refractivity contribution >= 4 is 44.6 Å². The SMILES string of the molecule is CN1C=CN(c2[c-]c(C3(C)c4[c-]c(N5[CH-]N(C)c6ccccc65)ccc4-n4c5ccccc5c5cccc3c54)ccc2)[CH-]1.[Pt+4]. The third kappa shape index (κ3) is 3.63. The van der Waals surface area contributed by atoms with Crippen LogP contribution in [0.4, 0.5) is 22.7 Å². The molecule has 3 aliphatic heterocycles. The number of rotatable bonds is 3. The molecule has 0 saturated heterocycles. The molecular formula is C38H29N5Pt. The quantitative estimate of drug-likeness (QED) is 0.170. The Morgan fingerprint density at radius 3 is 2.27 bits per heavy atom. The second-order valence-electron chi connectivity index (χ2n) is 11.8. The first-order chi connectivity index (χ1) is 21.0. The van der Waals surface area contributed by atoms with Gasteiger partial charge in [0, 0.05) is 38.6 Å². The largest absolute Gasteiger partial charge is 4.00 e. The summed E-state index contributed by atoms with van der Waals surface area (Å²) in [6.45, 7) is 6.58. The zero-order valence-corrected chi connectivity index (χ0v) is 26.9. The molecule has 1 unspecified atom stereocenters. The van der Waals surface area contributed by atoms with Crippen molar-refractivity contribution in [1.82, 2.24) is 9.47 Å². The first-order valence-electron chi connectivity index (χ1n) is 14.6. The van der Waals surface area contributed by atoms with E-state index in [1.807, 2.05) is 7.05 Å². The van der Waals surface area contributed by atoms with Gasteiger partial charge in [0.2, 0.25) is 0 Å². The monoisotopic (exact) mass is 750 g/mol.